The average Bonchev–Trinajstić information content (AvgIpc) is 3.35. The summed E-state index contributed by atoms with van der Waals surface area (Å²) in [6, 6.07) is 8.46. The van der Waals surface area contributed by atoms with Gasteiger partial charge in [0.15, 0.2) is 12.2 Å². The van der Waals surface area contributed by atoms with E-state index in [4.69, 9.17) is 9.68 Å². The van der Waals surface area contributed by atoms with Crippen LogP contribution in [0.4, 0.5) is 0 Å². The van der Waals surface area contributed by atoms with Gasteiger partial charge in [-0.1, -0.05) is 45.7 Å². The minimum atomic E-state index is -1.14. The van der Waals surface area contributed by atoms with Crippen molar-refractivity contribution < 1.29 is 19.9 Å². The molecule has 0 bridgehead atoms. The Morgan fingerprint density at radius 2 is 0.969 bits per heavy atom. The van der Waals surface area contributed by atoms with Crippen LogP contribution >= 0.6 is 0 Å². The number of rotatable bonds is 5. The van der Waals surface area contributed by atoms with Crippen molar-refractivity contribution >= 4 is 11.4 Å². The molecule has 32 heavy (non-hydrogen) atoms. The van der Waals surface area contributed by atoms with Gasteiger partial charge < -0.3 is 19.9 Å². The first-order valence-electron chi connectivity index (χ1n) is 11.1. The van der Waals surface area contributed by atoms with Crippen LogP contribution in [0.1, 0.15) is 57.3 Å². The number of nitrogens with zero attached hydrogens (tertiary/aromatic N) is 2. The number of oxime groups is 2. The van der Waals surface area contributed by atoms with Gasteiger partial charge in [0.1, 0.15) is 12.2 Å². The maximum Gasteiger partial charge on any atom is 0.161 e. The molecule has 2 aliphatic heterocycles. The van der Waals surface area contributed by atoms with E-state index in [9.17, 15) is 10.2 Å². The van der Waals surface area contributed by atoms with E-state index in [1.165, 1.54) is 11.1 Å². The number of aryl methyl sites for hydroxylation is 6. The minimum absolute atomic E-state index is 0.430. The molecule has 4 rings (SSSR count). The second kappa shape index (κ2) is 8.68. The molecule has 0 spiro atoms. The van der Waals surface area contributed by atoms with Gasteiger partial charge in [-0.05, 0) is 63.8 Å². The highest BCUT2D eigenvalue weighted by atomic mass is 16.7. The molecule has 2 aliphatic rings. The summed E-state index contributed by atoms with van der Waals surface area (Å²) in [5.41, 5.74) is 10.6. The van der Waals surface area contributed by atoms with Crippen LogP contribution in [0, 0.1) is 41.5 Å². The van der Waals surface area contributed by atoms with Gasteiger partial charge in [0.2, 0.25) is 0 Å². The monoisotopic (exact) mass is 436 g/mol. The maximum atomic E-state index is 10.8. The first kappa shape index (κ1) is 22.5. The molecular formula is C26H32N2O4. The van der Waals surface area contributed by atoms with E-state index in [0.717, 1.165) is 44.8 Å². The number of hydrogen-bond donors (Lipinski definition) is 2. The number of hydrogen-bond acceptors (Lipinski definition) is 6. The van der Waals surface area contributed by atoms with Crippen molar-refractivity contribution in [1.82, 2.24) is 0 Å². The Labute approximate surface area is 189 Å². The lowest BCUT2D eigenvalue weighted by Gasteiger charge is -2.25. The molecule has 2 heterocycles. The van der Waals surface area contributed by atoms with Crippen molar-refractivity contribution in [3.05, 3.63) is 68.8 Å². The molecule has 0 aromatic heterocycles. The molecule has 0 radical (unpaired) electrons. The maximum absolute atomic E-state index is 10.8. The molecule has 0 aliphatic carbocycles. The Bertz CT molecular complexity index is 971. The summed E-state index contributed by atoms with van der Waals surface area (Å²) in [5.74, 6) is 0. The highest BCUT2D eigenvalue weighted by Gasteiger charge is 2.41. The van der Waals surface area contributed by atoms with Crippen molar-refractivity contribution in [2.45, 2.75) is 78.8 Å². The predicted molar refractivity (Wildman–Crippen MR) is 125 cm³/mol. The Morgan fingerprint density at radius 3 is 1.28 bits per heavy atom. The first-order valence-corrected chi connectivity index (χ1v) is 11.1. The summed E-state index contributed by atoms with van der Waals surface area (Å²) < 4.78 is 0. The van der Waals surface area contributed by atoms with Gasteiger partial charge in [0, 0.05) is 24.0 Å². The smallest absolute Gasteiger partial charge is 0.161 e. The van der Waals surface area contributed by atoms with Crippen LogP contribution in [0.2, 0.25) is 0 Å². The SMILES string of the molecule is Cc1cc(C)c(C2=NO[C@H]([C@H](O)[C@@H](O)[C@@H]3CC(c4c(C)cc(C)cc4C)=NO3)C2)c(C)c1. The lowest BCUT2D eigenvalue weighted by Crippen LogP contribution is -2.44. The number of aliphatic hydroxyl groups is 2. The van der Waals surface area contributed by atoms with Crippen molar-refractivity contribution in [2.24, 2.45) is 10.3 Å². The average molecular weight is 437 g/mol. The molecule has 6 nitrogen and oxygen atoms in total. The Morgan fingerprint density at radius 1 is 0.656 bits per heavy atom. The van der Waals surface area contributed by atoms with Gasteiger partial charge in [0.25, 0.3) is 0 Å². The topological polar surface area (TPSA) is 83.6 Å². The van der Waals surface area contributed by atoms with Gasteiger partial charge in [-0.3, -0.25) is 0 Å². The van der Waals surface area contributed by atoms with Crippen molar-refractivity contribution in [2.75, 3.05) is 0 Å². The van der Waals surface area contributed by atoms with E-state index in [1.807, 2.05) is 0 Å². The fourth-order valence-electron chi connectivity index (χ4n) is 5.16. The van der Waals surface area contributed by atoms with E-state index in [1.54, 1.807) is 0 Å². The fourth-order valence-corrected chi connectivity index (χ4v) is 5.16. The number of aliphatic hydroxyl groups excluding tert-OH is 2. The molecule has 0 unspecified atom stereocenters. The van der Waals surface area contributed by atoms with Crippen LogP contribution in [-0.4, -0.2) is 46.1 Å². The highest BCUT2D eigenvalue weighted by molar-refractivity contribution is 6.04. The van der Waals surface area contributed by atoms with Gasteiger partial charge in [-0.15, -0.1) is 0 Å². The summed E-state index contributed by atoms with van der Waals surface area (Å²) in [5, 5.41) is 30.2. The van der Waals surface area contributed by atoms with Crippen molar-refractivity contribution in [3.8, 4) is 0 Å². The largest absolute Gasteiger partial charge is 0.389 e. The summed E-state index contributed by atoms with van der Waals surface area (Å²) >= 11 is 0. The summed E-state index contributed by atoms with van der Waals surface area (Å²) in [7, 11) is 0. The molecule has 170 valence electrons. The lowest BCUT2D eigenvalue weighted by molar-refractivity contribution is -0.123. The lowest BCUT2D eigenvalue weighted by atomic mass is 9.89. The van der Waals surface area contributed by atoms with E-state index in [2.05, 4.69) is 76.1 Å². The molecule has 2 aromatic carbocycles. The third-order valence-corrected chi connectivity index (χ3v) is 6.43. The quantitative estimate of drug-likeness (QED) is 0.744. The standard InChI is InChI=1S/C26H32N2O4/c1-13-7-15(3)23(16(4)8-13)19-11-21(31-27-19)25(29)26(30)22-12-20(28-32-22)24-17(5)9-14(2)10-18(24)6/h7-10,21-22,25-26,29-30H,11-12H2,1-6H3/t21-,22-,25-,26-/m0/s1. The molecule has 0 saturated heterocycles. The second-order valence-electron chi connectivity index (χ2n) is 9.30. The minimum Gasteiger partial charge on any atom is -0.389 e. The van der Waals surface area contributed by atoms with E-state index < -0.39 is 24.4 Å². The zero-order valence-electron chi connectivity index (χ0n) is 19.6. The normalized spacial score (nSPS) is 22.1. The molecule has 0 fully saturated rings. The number of benzene rings is 2. The molecular weight excluding hydrogens is 404 g/mol. The van der Waals surface area contributed by atoms with Crippen LogP contribution in [0.3, 0.4) is 0 Å². The van der Waals surface area contributed by atoms with E-state index in [0.29, 0.717) is 12.8 Å². The van der Waals surface area contributed by atoms with Crippen LogP contribution in [-0.2, 0) is 9.68 Å². The zero-order valence-corrected chi connectivity index (χ0v) is 19.6. The van der Waals surface area contributed by atoms with Gasteiger partial charge in [-0.25, -0.2) is 0 Å². The fraction of sp³-hybridized carbons (Fsp3) is 0.462. The van der Waals surface area contributed by atoms with Gasteiger partial charge in [0.05, 0.1) is 11.4 Å². The van der Waals surface area contributed by atoms with Crippen LogP contribution < -0.4 is 0 Å². The van der Waals surface area contributed by atoms with E-state index in [-0.39, 0.29) is 0 Å². The third-order valence-electron chi connectivity index (χ3n) is 6.43. The summed E-state index contributed by atoms with van der Waals surface area (Å²) in [4.78, 5) is 11.1. The molecule has 2 aromatic rings. The van der Waals surface area contributed by atoms with Crippen molar-refractivity contribution in [1.29, 1.82) is 0 Å². The van der Waals surface area contributed by atoms with Gasteiger partial charge >= 0.3 is 0 Å². The Balaban J connectivity index is 1.42. The summed E-state index contributed by atoms with van der Waals surface area (Å²) in [6.45, 7) is 12.3. The Kier molecular flexibility index (Phi) is 6.10. The first-order chi connectivity index (χ1) is 15.2. The predicted octanol–water partition coefficient (Wildman–Crippen LogP) is 3.95. The van der Waals surface area contributed by atoms with Crippen LogP contribution in [0.15, 0.2) is 34.6 Å². The van der Waals surface area contributed by atoms with E-state index >= 15 is 0 Å². The molecule has 2 N–H and O–H groups in total. The van der Waals surface area contributed by atoms with Crippen LogP contribution in [0.25, 0.3) is 0 Å². The Hall–Kier alpha value is -2.70. The molecule has 0 saturated carbocycles. The van der Waals surface area contributed by atoms with Crippen molar-refractivity contribution in [3.63, 3.8) is 0 Å². The highest BCUT2D eigenvalue weighted by Crippen LogP contribution is 2.29. The second-order valence-corrected chi connectivity index (χ2v) is 9.30. The molecule has 4 atom stereocenters. The van der Waals surface area contributed by atoms with Gasteiger partial charge in [-0.2, -0.15) is 0 Å². The zero-order chi connectivity index (χ0) is 23.2. The summed E-state index contributed by atoms with van der Waals surface area (Å²) in [6.07, 6.45) is -2.67. The molecule has 0 amide bonds. The third kappa shape index (κ3) is 4.17. The molecule has 6 heteroatoms. The van der Waals surface area contributed by atoms with Crippen LogP contribution in [0.5, 0.6) is 0 Å².